The third-order valence-electron chi connectivity index (χ3n) is 5.60. The van der Waals surface area contributed by atoms with Crippen LogP contribution in [0.4, 0.5) is 4.79 Å². The second-order valence-corrected chi connectivity index (χ2v) is 8.97. The van der Waals surface area contributed by atoms with Crippen molar-refractivity contribution in [1.82, 2.24) is 19.6 Å². The van der Waals surface area contributed by atoms with E-state index in [1.165, 1.54) is 0 Å². The average Bonchev–Trinajstić information content (AvgIpc) is 3.15. The van der Waals surface area contributed by atoms with Crippen LogP contribution in [0.15, 0.2) is 36.7 Å². The van der Waals surface area contributed by atoms with Gasteiger partial charge >= 0.3 is 6.09 Å². The monoisotopic (exact) mass is 396 g/mol. The summed E-state index contributed by atoms with van der Waals surface area (Å²) in [6.07, 6.45) is 4.15. The van der Waals surface area contributed by atoms with Crippen molar-refractivity contribution in [3.8, 4) is 5.69 Å². The van der Waals surface area contributed by atoms with Crippen LogP contribution in [0.25, 0.3) is 5.69 Å². The Labute approximate surface area is 171 Å². The van der Waals surface area contributed by atoms with Crippen molar-refractivity contribution in [3.63, 3.8) is 0 Å². The number of aromatic nitrogens is 2. The molecular formula is C22H28N4O3. The van der Waals surface area contributed by atoms with Gasteiger partial charge in [0.1, 0.15) is 5.60 Å². The first-order valence-corrected chi connectivity index (χ1v) is 10.1. The molecule has 0 spiro atoms. The lowest BCUT2D eigenvalue weighted by Gasteiger charge is -2.53. The van der Waals surface area contributed by atoms with Crippen molar-refractivity contribution in [2.45, 2.75) is 45.8 Å². The van der Waals surface area contributed by atoms with E-state index in [1.807, 2.05) is 63.1 Å². The van der Waals surface area contributed by atoms with Crippen molar-refractivity contribution < 1.29 is 14.3 Å². The van der Waals surface area contributed by atoms with E-state index < -0.39 is 5.60 Å². The second kappa shape index (κ2) is 7.21. The van der Waals surface area contributed by atoms with Gasteiger partial charge in [0, 0.05) is 37.9 Å². The number of carbonyl (C=O) groups excluding carboxylic acids is 2. The van der Waals surface area contributed by atoms with Crippen molar-refractivity contribution >= 4 is 12.0 Å². The minimum absolute atomic E-state index is 0.0197. The van der Waals surface area contributed by atoms with Crippen molar-refractivity contribution in [3.05, 3.63) is 47.8 Å². The molecule has 1 aromatic heterocycles. The van der Waals surface area contributed by atoms with Gasteiger partial charge in [-0.2, -0.15) is 5.10 Å². The second-order valence-electron chi connectivity index (χ2n) is 8.97. The van der Waals surface area contributed by atoms with Gasteiger partial charge in [-0.15, -0.1) is 0 Å². The molecule has 2 aliphatic rings. The van der Waals surface area contributed by atoms with Crippen LogP contribution < -0.4 is 0 Å². The van der Waals surface area contributed by atoms with Gasteiger partial charge in [0.25, 0.3) is 5.91 Å². The molecule has 1 aromatic carbocycles. The molecule has 0 N–H and O–H groups in total. The zero-order chi connectivity index (χ0) is 20.8. The fourth-order valence-electron chi connectivity index (χ4n) is 4.11. The third-order valence-corrected chi connectivity index (χ3v) is 5.60. The normalized spacial score (nSPS) is 21.4. The molecule has 4 rings (SSSR count). The Kier molecular flexibility index (Phi) is 4.84. The Morgan fingerprint density at radius 1 is 1.21 bits per heavy atom. The largest absolute Gasteiger partial charge is 0.444 e. The fourth-order valence-corrected chi connectivity index (χ4v) is 4.11. The van der Waals surface area contributed by atoms with Crippen LogP contribution in [0.2, 0.25) is 0 Å². The molecule has 0 saturated carbocycles. The SMILES string of the molecule is Cc1ccc(-n2cccn2)c(C(=O)N2CCC3CN(C(=O)OC(C)(C)C)C3C2)c1. The maximum atomic E-state index is 13.4. The summed E-state index contributed by atoms with van der Waals surface area (Å²) in [6.45, 7) is 9.54. The van der Waals surface area contributed by atoms with Crippen LogP contribution in [-0.4, -0.2) is 62.9 Å². The number of piperidine rings is 1. The average molecular weight is 396 g/mol. The first-order chi connectivity index (χ1) is 13.7. The Bertz CT molecular complexity index is 917. The molecule has 2 aliphatic heterocycles. The fraction of sp³-hybridized carbons (Fsp3) is 0.500. The minimum atomic E-state index is -0.521. The van der Waals surface area contributed by atoms with E-state index in [0.717, 1.165) is 17.7 Å². The standard InChI is InChI=1S/C22H28N4O3/c1-15-6-7-18(26-10-5-9-23-26)17(12-15)20(27)24-11-8-16-13-25(19(16)14-24)21(28)29-22(2,3)4/h5-7,9-10,12,16,19H,8,11,13-14H2,1-4H3. The molecule has 29 heavy (non-hydrogen) atoms. The molecule has 0 bridgehead atoms. The summed E-state index contributed by atoms with van der Waals surface area (Å²) in [7, 11) is 0. The highest BCUT2D eigenvalue weighted by Crippen LogP contribution is 2.34. The third kappa shape index (κ3) is 3.86. The number of ether oxygens (including phenoxy) is 1. The smallest absolute Gasteiger partial charge is 0.410 e. The molecule has 2 aromatic rings. The van der Waals surface area contributed by atoms with Gasteiger partial charge in [-0.1, -0.05) is 11.6 Å². The molecule has 2 unspecified atom stereocenters. The van der Waals surface area contributed by atoms with Crippen LogP contribution in [-0.2, 0) is 4.74 Å². The van der Waals surface area contributed by atoms with E-state index in [-0.39, 0.29) is 18.0 Å². The first-order valence-electron chi connectivity index (χ1n) is 10.1. The predicted octanol–water partition coefficient (Wildman–Crippen LogP) is 3.26. The van der Waals surface area contributed by atoms with Gasteiger partial charge < -0.3 is 14.5 Å². The van der Waals surface area contributed by atoms with Gasteiger partial charge in [-0.05, 0) is 52.3 Å². The number of nitrogens with zero attached hydrogens (tertiary/aromatic N) is 4. The van der Waals surface area contributed by atoms with Crippen molar-refractivity contribution in [2.24, 2.45) is 5.92 Å². The summed E-state index contributed by atoms with van der Waals surface area (Å²) in [5, 5.41) is 4.29. The van der Waals surface area contributed by atoms with E-state index in [0.29, 0.717) is 31.1 Å². The van der Waals surface area contributed by atoms with Gasteiger partial charge in [0.05, 0.1) is 17.3 Å². The Morgan fingerprint density at radius 2 is 2.00 bits per heavy atom. The quantitative estimate of drug-likeness (QED) is 0.781. The van der Waals surface area contributed by atoms with E-state index in [1.54, 1.807) is 15.8 Å². The van der Waals surface area contributed by atoms with Gasteiger partial charge in [0.15, 0.2) is 0 Å². The highest BCUT2D eigenvalue weighted by molar-refractivity contribution is 5.98. The summed E-state index contributed by atoms with van der Waals surface area (Å²) in [5.74, 6) is 0.420. The Hall–Kier alpha value is -2.83. The minimum Gasteiger partial charge on any atom is -0.444 e. The van der Waals surface area contributed by atoms with Gasteiger partial charge in [0.2, 0.25) is 0 Å². The Balaban J connectivity index is 1.52. The van der Waals surface area contributed by atoms with E-state index in [2.05, 4.69) is 5.10 Å². The predicted molar refractivity (Wildman–Crippen MR) is 109 cm³/mol. The van der Waals surface area contributed by atoms with E-state index in [9.17, 15) is 9.59 Å². The Morgan fingerprint density at radius 3 is 2.69 bits per heavy atom. The van der Waals surface area contributed by atoms with Crippen LogP contribution in [0.5, 0.6) is 0 Å². The summed E-state index contributed by atoms with van der Waals surface area (Å²) in [6, 6.07) is 7.69. The summed E-state index contributed by atoms with van der Waals surface area (Å²) in [4.78, 5) is 29.5. The zero-order valence-corrected chi connectivity index (χ0v) is 17.5. The molecule has 0 radical (unpaired) electrons. The number of fused-ring (bicyclic) bond motifs is 1. The lowest BCUT2D eigenvalue weighted by molar-refractivity contribution is -0.0545. The van der Waals surface area contributed by atoms with E-state index >= 15 is 0 Å². The molecular weight excluding hydrogens is 368 g/mol. The van der Waals surface area contributed by atoms with Crippen LogP contribution >= 0.6 is 0 Å². The number of benzene rings is 1. The van der Waals surface area contributed by atoms with Crippen LogP contribution in [0.1, 0.15) is 43.1 Å². The maximum Gasteiger partial charge on any atom is 0.410 e. The molecule has 7 heteroatoms. The molecule has 2 saturated heterocycles. The van der Waals surface area contributed by atoms with E-state index in [4.69, 9.17) is 4.74 Å². The van der Waals surface area contributed by atoms with Crippen LogP contribution in [0, 0.1) is 12.8 Å². The highest BCUT2D eigenvalue weighted by Gasteiger charge is 2.47. The highest BCUT2D eigenvalue weighted by atomic mass is 16.6. The molecule has 7 nitrogen and oxygen atoms in total. The number of rotatable bonds is 2. The number of hydrogen-bond donors (Lipinski definition) is 0. The van der Waals surface area contributed by atoms with Gasteiger partial charge in [-0.25, -0.2) is 9.48 Å². The first kappa shape index (κ1) is 19.5. The zero-order valence-electron chi connectivity index (χ0n) is 17.5. The molecule has 0 aliphatic carbocycles. The maximum absolute atomic E-state index is 13.4. The van der Waals surface area contributed by atoms with Crippen LogP contribution in [0.3, 0.4) is 0 Å². The summed E-state index contributed by atoms with van der Waals surface area (Å²) < 4.78 is 7.24. The lowest BCUT2D eigenvalue weighted by Crippen LogP contribution is -2.66. The number of likely N-dealkylation sites (tertiary alicyclic amines) is 2. The molecule has 3 heterocycles. The topological polar surface area (TPSA) is 67.7 Å². The summed E-state index contributed by atoms with van der Waals surface area (Å²) in [5.41, 5.74) is 1.91. The lowest BCUT2D eigenvalue weighted by atomic mass is 9.82. The summed E-state index contributed by atoms with van der Waals surface area (Å²) >= 11 is 0. The molecule has 2 fully saturated rings. The number of carbonyl (C=O) groups is 2. The number of hydrogen-bond acceptors (Lipinski definition) is 4. The molecule has 2 atom stereocenters. The van der Waals surface area contributed by atoms with Gasteiger partial charge in [-0.3, -0.25) is 4.79 Å². The molecule has 154 valence electrons. The molecule has 2 amide bonds. The van der Waals surface area contributed by atoms with Crippen molar-refractivity contribution in [1.29, 1.82) is 0 Å². The number of amides is 2. The number of aryl methyl sites for hydroxylation is 1. The van der Waals surface area contributed by atoms with Crippen molar-refractivity contribution in [2.75, 3.05) is 19.6 Å².